The first kappa shape index (κ1) is 19.1. The maximum atomic E-state index is 12.7. The molecule has 1 saturated heterocycles. The molecule has 5 heteroatoms. The fourth-order valence-corrected chi connectivity index (χ4v) is 3.51. The van der Waals surface area contributed by atoms with Crippen molar-refractivity contribution >= 4 is 17.5 Å². The molecule has 0 aliphatic carbocycles. The molecule has 27 heavy (non-hydrogen) atoms. The third-order valence-electron chi connectivity index (χ3n) is 5.23. The number of nitrogens with zero attached hydrogens (tertiary/aromatic N) is 2. The summed E-state index contributed by atoms with van der Waals surface area (Å²) in [6.45, 7) is 5.28. The van der Waals surface area contributed by atoms with Crippen LogP contribution in [-0.2, 0) is 16.0 Å². The molecular formula is C22H27N3O2. The van der Waals surface area contributed by atoms with E-state index in [9.17, 15) is 9.59 Å². The lowest BCUT2D eigenvalue weighted by Crippen LogP contribution is -2.63. The van der Waals surface area contributed by atoms with Crippen LogP contribution in [0.2, 0.25) is 0 Å². The topological polar surface area (TPSA) is 52.6 Å². The highest BCUT2D eigenvalue weighted by Crippen LogP contribution is 2.22. The molecule has 1 aliphatic heterocycles. The second kappa shape index (κ2) is 7.92. The summed E-state index contributed by atoms with van der Waals surface area (Å²) in [6, 6.07) is 18.1. The summed E-state index contributed by atoms with van der Waals surface area (Å²) in [5.74, 6) is -0.0491. The lowest BCUT2D eigenvalue weighted by Gasteiger charge is -2.44. The van der Waals surface area contributed by atoms with E-state index in [4.69, 9.17) is 0 Å². The Bertz CT molecular complexity index is 817. The molecule has 0 unspecified atom stereocenters. The molecule has 2 aromatic carbocycles. The minimum Gasteiger partial charge on any atom is -0.343 e. The molecule has 1 aliphatic rings. The van der Waals surface area contributed by atoms with Crippen molar-refractivity contribution in [3.63, 3.8) is 0 Å². The van der Waals surface area contributed by atoms with E-state index in [1.807, 2.05) is 61.2 Å². The molecule has 0 aromatic heterocycles. The van der Waals surface area contributed by atoms with Gasteiger partial charge in [0.2, 0.25) is 11.8 Å². The number of rotatable bonds is 5. The van der Waals surface area contributed by atoms with Crippen LogP contribution in [0.5, 0.6) is 0 Å². The molecule has 0 spiro atoms. The van der Waals surface area contributed by atoms with Gasteiger partial charge < -0.3 is 10.2 Å². The number of para-hydroxylation sites is 1. The monoisotopic (exact) mass is 365 g/mol. The Hall–Kier alpha value is -2.66. The van der Waals surface area contributed by atoms with Crippen LogP contribution in [0, 0.1) is 0 Å². The zero-order chi connectivity index (χ0) is 19.4. The Morgan fingerprint density at radius 2 is 1.70 bits per heavy atom. The molecule has 1 N–H and O–H groups in total. The Labute approximate surface area is 161 Å². The molecule has 1 fully saturated rings. The summed E-state index contributed by atoms with van der Waals surface area (Å²) in [4.78, 5) is 28.8. The summed E-state index contributed by atoms with van der Waals surface area (Å²) >= 11 is 0. The van der Waals surface area contributed by atoms with Crippen molar-refractivity contribution in [1.82, 2.24) is 9.80 Å². The van der Waals surface area contributed by atoms with Crippen molar-refractivity contribution in [2.75, 3.05) is 32.0 Å². The molecule has 2 aromatic rings. The molecule has 0 bridgehead atoms. The highest BCUT2D eigenvalue weighted by Gasteiger charge is 2.41. The van der Waals surface area contributed by atoms with E-state index < -0.39 is 5.54 Å². The van der Waals surface area contributed by atoms with Crippen LogP contribution in [0.25, 0.3) is 0 Å². The summed E-state index contributed by atoms with van der Waals surface area (Å²) in [7, 11) is 1.81. The number of benzene rings is 2. The molecule has 0 radical (unpaired) electrons. The van der Waals surface area contributed by atoms with Crippen molar-refractivity contribution in [1.29, 1.82) is 0 Å². The Balaban J connectivity index is 1.69. The first-order valence-electron chi connectivity index (χ1n) is 9.30. The number of hydrogen-bond donors (Lipinski definition) is 1. The standard InChI is InChI=1S/C22H27N3O2/c1-22(2)21(27)24(3)13-14-25(22)16-20(26)23-19-12-8-7-11-18(19)15-17-9-5-4-6-10-17/h4-12H,13-16H2,1-3H3,(H,23,26). The second-order valence-corrected chi connectivity index (χ2v) is 7.57. The number of likely N-dealkylation sites (N-methyl/N-ethyl adjacent to an activating group) is 1. The number of amides is 2. The van der Waals surface area contributed by atoms with Gasteiger partial charge in [0.05, 0.1) is 12.1 Å². The van der Waals surface area contributed by atoms with E-state index in [-0.39, 0.29) is 18.4 Å². The van der Waals surface area contributed by atoms with E-state index in [0.717, 1.165) is 17.7 Å². The van der Waals surface area contributed by atoms with Gasteiger partial charge in [-0.3, -0.25) is 14.5 Å². The van der Waals surface area contributed by atoms with E-state index in [0.29, 0.717) is 13.1 Å². The van der Waals surface area contributed by atoms with Crippen LogP contribution in [-0.4, -0.2) is 53.8 Å². The zero-order valence-electron chi connectivity index (χ0n) is 16.2. The maximum absolute atomic E-state index is 12.7. The summed E-state index contributed by atoms with van der Waals surface area (Å²) < 4.78 is 0. The predicted molar refractivity (Wildman–Crippen MR) is 108 cm³/mol. The van der Waals surface area contributed by atoms with Gasteiger partial charge in [0, 0.05) is 25.8 Å². The third kappa shape index (κ3) is 4.37. The molecule has 5 nitrogen and oxygen atoms in total. The summed E-state index contributed by atoms with van der Waals surface area (Å²) in [6.07, 6.45) is 0.760. The van der Waals surface area contributed by atoms with E-state index in [2.05, 4.69) is 17.4 Å². The predicted octanol–water partition coefficient (Wildman–Crippen LogP) is 2.77. The van der Waals surface area contributed by atoms with E-state index >= 15 is 0 Å². The number of hydrogen-bond acceptors (Lipinski definition) is 3. The fourth-order valence-electron chi connectivity index (χ4n) is 3.51. The molecule has 2 amide bonds. The summed E-state index contributed by atoms with van der Waals surface area (Å²) in [5, 5.41) is 3.04. The van der Waals surface area contributed by atoms with Crippen molar-refractivity contribution in [2.24, 2.45) is 0 Å². The van der Waals surface area contributed by atoms with Gasteiger partial charge in [0.15, 0.2) is 0 Å². The van der Waals surface area contributed by atoms with Gasteiger partial charge in [-0.2, -0.15) is 0 Å². The lowest BCUT2D eigenvalue weighted by molar-refractivity contribution is -0.147. The first-order valence-corrected chi connectivity index (χ1v) is 9.30. The first-order chi connectivity index (χ1) is 12.9. The smallest absolute Gasteiger partial charge is 0.242 e. The van der Waals surface area contributed by atoms with Crippen LogP contribution in [0.4, 0.5) is 5.69 Å². The third-order valence-corrected chi connectivity index (χ3v) is 5.23. The van der Waals surface area contributed by atoms with Gasteiger partial charge in [-0.25, -0.2) is 0 Å². The Morgan fingerprint density at radius 1 is 1.04 bits per heavy atom. The quantitative estimate of drug-likeness (QED) is 0.886. The van der Waals surface area contributed by atoms with Gasteiger partial charge in [-0.15, -0.1) is 0 Å². The SMILES string of the molecule is CN1CCN(CC(=O)Nc2ccccc2Cc2ccccc2)C(C)(C)C1=O. The zero-order valence-corrected chi connectivity index (χ0v) is 16.2. The van der Waals surface area contributed by atoms with Gasteiger partial charge in [0.25, 0.3) is 0 Å². The Morgan fingerprint density at radius 3 is 2.44 bits per heavy atom. The van der Waals surface area contributed by atoms with Crippen molar-refractivity contribution < 1.29 is 9.59 Å². The van der Waals surface area contributed by atoms with Crippen molar-refractivity contribution in [3.05, 3.63) is 65.7 Å². The largest absolute Gasteiger partial charge is 0.343 e. The number of carbonyl (C=O) groups is 2. The highest BCUT2D eigenvalue weighted by atomic mass is 16.2. The van der Waals surface area contributed by atoms with E-state index in [1.165, 1.54) is 5.56 Å². The van der Waals surface area contributed by atoms with Gasteiger partial charge >= 0.3 is 0 Å². The molecule has 1 heterocycles. The van der Waals surface area contributed by atoms with Crippen LogP contribution >= 0.6 is 0 Å². The molecule has 0 atom stereocenters. The fraction of sp³-hybridized carbons (Fsp3) is 0.364. The molecule has 3 rings (SSSR count). The van der Waals surface area contributed by atoms with Crippen molar-refractivity contribution in [2.45, 2.75) is 25.8 Å². The average molecular weight is 365 g/mol. The van der Waals surface area contributed by atoms with Crippen LogP contribution in [0.15, 0.2) is 54.6 Å². The van der Waals surface area contributed by atoms with Crippen LogP contribution in [0.3, 0.4) is 0 Å². The van der Waals surface area contributed by atoms with Crippen molar-refractivity contribution in [3.8, 4) is 0 Å². The Kier molecular flexibility index (Phi) is 5.61. The van der Waals surface area contributed by atoms with Crippen LogP contribution in [0.1, 0.15) is 25.0 Å². The molecular weight excluding hydrogens is 338 g/mol. The summed E-state index contributed by atoms with van der Waals surface area (Å²) in [5.41, 5.74) is 2.42. The maximum Gasteiger partial charge on any atom is 0.242 e. The number of piperazine rings is 1. The molecule has 0 saturated carbocycles. The van der Waals surface area contributed by atoms with Gasteiger partial charge in [-0.05, 0) is 37.5 Å². The number of carbonyl (C=O) groups excluding carboxylic acids is 2. The second-order valence-electron chi connectivity index (χ2n) is 7.57. The lowest BCUT2D eigenvalue weighted by atomic mass is 9.98. The average Bonchev–Trinajstić information content (AvgIpc) is 2.65. The number of nitrogens with one attached hydrogen (secondary N) is 1. The highest BCUT2D eigenvalue weighted by molar-refractivity contribution is 5.94. The molecule has 142 valence electrons. The minimum absolute atomic E-state index is 0.0472. The van der Waals surface area contributed by atoms with Crippen LogP contribution < -0.4 is 5.32 Å². The van der Waals surface area contributed by atoms with E-state index in [1.54, 1.807) is 11.9 Å². The van der Waals surface area contributed by atoms with Gasteiger partial charge in [0.1, 0.15) is 0 Å². The number of anilines is 1. The minimum atomic E-state index is -0.673. The normalized spacial score (nSPS) is 17.0. The van der Waals surface area contributed by atoms with Gasteiger partial charge in [-0.1, -0.05) is 48.5 Å².